The standard InChI is InChI=1S/C18H26O2/c1-4-5-6-7-8-9-15(2)10-11-16-12-13-17(19)18(14-16)20-3/h8-9,12-14,19H,2,4-7,10-11H2,1,3H3/b9-8+. The Kier molecular flexibility index (Phi) is 7.56. The summed E-state index contributed by atoms with van der Waals surface area (Å²) in [5, 5.41) is 9.55. The summed E-state index contributed by atoms with van der Waals surface area (Å²) in [5.41, 5.74) is 2.30. The van der Waals surface area contributed by atoms with Gasteiger partial charge in [0.2, 0.25) is 0 Å². The van der Waals surface area contributed by atoms with Crippen molar-refractivity contribution in [3.63, 3.8) is 0 Å². The van der Waals surface area contributed by atoms with Crippen LogP contribution in [0.5, 0.6) is 11.5 Å². The Morgan fingerprint density at radius 3 is 2.85 bits per heavy atom. The number of ether oxygens (including phenoxy) is 1. The van der Waals surface area contributed by atoms with Gasteiger partial charge in [-0.2, -0.15) is 0 Å². The fraction of sp³-hybridized carbons (Fsp3) is 0.444. The van der Waals surface area contributed by atoms with E-state index in [4.69, 9.17) is 4.74 Å². The van der Waals surface area contributed by atoms with Gasteiger partial charge >= 0.3 is 0 Å². The monoisotopic (exact) mass is 274 g/mol. The molecule has 1 aromatic rings. The summed E-state index contributed by atoms with van der Waals surface area (Å²) in [4.78, 5) is 0. The Hall–Kier alpha value is -1.70. The van der Waals surface area contributed by atoms with E-state index < -0.39 is 0 Å². The van der Waals surface area contributed by atoms with Gasteiger partial charge in [-0.15, -0.1) is 0 Å². The first-order valence-electron chi connectivity index (χ1n) is 7.37. The number of rotatable bonds is 9. The van der Waals surface area contributed by atoms with Gasteiger partial charge in [0.1, 0.15) is 0 Å². The highest BCUT2D eigenvalue weighted by Gasteiger charge is 2.02. The third kappa shape index (κ3) is 5.96. The number of allylic oxidation sites excluding steroid dienone is 3. The van der Waals surface area contributed by atoms with E-state index in [1.165, 1.54) is 19.3 Å². The quantitative estimate of drug-likeness (QED) is 0.505. The van der Waals surface area contributed by atoms with Crippen LogP contribution in [0.3, 0.4) is 0 Å². The van der Waals surface area contributed by atoms with Crippen molar-refractivity contribution in [3.05, 3.63) is 48.1 Å². The minimum absolute atomic E-state index is 0.186. The second-order valence-corrected chi connectivity index (χ2v) is 5.06. The second-order valence-electron chi connectivity index (χ2n) is 5.06. The number of aromatic hydroxyl groups is 1. The maximum atomic E-state index is 9.55. The minimum atomic E-state index is 0.186. The van der Waals surface area contributed by atoms with Gasteiger partial charge in [0.15, 0.2) is 11.5 Å². The molecule has 0 spiro atoms. The molecule has 0 aliphatic rings. The zero-order valence-electron chi connectivity index (χ0n) is 12.7. The summed E-state index contributed by atoms with van der Waals surface area (Å²) >= 11 is 0. The van der Waals surface area contributed by atoms with Crippen LogP contribution in [-0.2, 0) is 6.42 Å². The maximum absolute atomic E-state index is 9.55. The van der Waals surface area contributed by atoms with Crippen molar-refractivity contribution in [2.45, 2.75) is 45.4 Å². The average molecular weight is 274 g/mol. The van der Waals surface area contributed by atoms with Crippen LogP contribution in [0.15, 0.2) is 42.5 Å². The van der Waals surface area contributed by atoms with Crippen LogP contribution in [0.1, 0.15) is 44.6 Å². The number of hydrogen-bond donors (Lipinski definition) is 1. The Morgan fingerprint density at radius 2 is 2.15 bits per heavy atom. The molecule has 0 unspecified atom stereocenters. The minimum Gasteiger partial charge on any atom is -0.504 e. The van der Waals surface area contributed by atoms with Gasteiger partial charge in [-0.25, -0.2) is 0 Å². The van der Waals surface area contributed by atoms with Crippen molar-refractivity contribution in [2.75, 3.05) is 7.11 Å². The first kappa shape index (κ1) is 16.4. The Bertz CT molecular complexity index is 447. The van der Waals surface area contributed by atoms with Crippen molar-refractivity contribution < 1.29 is 9.84 Å². The van der Waals surface area contributed by atoms with Crippen LogP contribution in [0.4, 0.5) is 0 Å². The van der Waals surface area contributed by atoms with Gasteiger partial charge < -0.3 is 9.84 Å². The third-order valence-electron chi connectivity index (χ3n) is 3.31. The van der Waals surface area contributed by atoms with Crippen LogP contribution < -0.4 is 4.74 Å². The van der Waals surface area contributed by atoms with E-state index in [0.29, 0.717) is 5.75 Å². The molecule has 0 aromatic heterocycles. The Balaban J connectivity index is 2.37. The molecule has 0 saturated carbocycles. The number of phenols is 1. The summed E-state index contributed by atoms with van der Waals surface area (Å²) in [6.45, 7) is 6.30. The highest BCUT2D eigenvalue weighted by molar-refractivity contribution is 5.42. The molecule has 0 amide bonds. The first-order chi connectivity index (χ1) is 9.67. The maximum Gasteiger partial charge on any atom is 0.160 e. The van der Waals surface area contributed by atoms with Gasteiger partial charge in [0.05, 0.1) is 7.11 Å². The molecule has 1 aromatic carbocycles. The zero-order chi connectivity index (χ0) is 14.8. The molecule has 0 heterocycles. The number of hydrogen-bond acceptors (Lipinski definition) is 2. The Morgan fingerprint density at radius 1 is 1.35 bits per heavy atom. The highest BCUT2D eigenvalue weighted by Crippen LogP contribution is 2.27. The summed E-state index contributed by atoms with van der Waals surface area (Å²) in [6, 6.07) is 5.49. The number of phenolic OH excluding ortho intramolecular Hbond substituents is 1. The van der Waals surface area contributed by atoms with Crippen molar-refractivity contribution in [1.29, 1.82) is 0 Å². The summed E-state index contributed by atoms with van der Waals surface area (Å²) in [5.74, 6) is 0.717. The summed E-state index contributed by atoms with van der Waals surface area (Å²) in [6.07, 6.45) is 11.1. The molecule has 20 heavy (non-hydrogen) atoms. The predicted molar refractivity (Wildman–Crippen MR) is 85.4 cm³/mol. The highest BCUT2D eigenvalue weighted by atomic mass is 16.5. The van der Waals surface area contributed by atoms with Gasteiger partial charge in [-0.3, -0.25) is 0 Å². The fourth-order valence-electron chi connectivity index (χ4n) is 2.03. The van der Waals surface area contributed by atoms with E-state index in [9.17, 15) is 5.11 Å². The van der Waals surface area contributed by atoms with E-state index in [2.05, 4.69) is 25.7 Å². The molecule has 0 aliphatic carbocycles. The molecule has 0 saturated heterocycles. The second kappa shape index (κ2) is 9.24. The van der Waals surface area contributed by atoms with Gasteiger partial charge in [0.25, 0.3) is 0 Å². The van der Waals surface area contributed by atoms with Crippen LogP contribution in [0.2, 0.25) is 0 Å². The van der Waals surface area contributed by atoms with E-state index in [0.717, 1.165) is 30.4 Å². The van der Waals surface area contributed by atoms with Crippen molar-refractivity contribution in [3.8, 4) is 11.5 Å². The van der Waals surface area contributed by atoms with E-state index in [1.54, 1.807) is 13.2 Å². The average Bonchev–Trinajstić information content (AvgIpc) is 2.46. The lowest BCUT2D eigenvalue weighted by Crippen LogP contribution is -1.90. The molecule has 2 heteroatoms. The molecular weight excluding hydrogens is 248 g/mol. The summed E-state index contributed by atoms with van der Waals surface area (Å²) < 4.78 is 5.11. The van der Waals surface area contributed by atoms with Gasteiger partial charge in [-0.05, 0) is 43.4 Å². The van der Waals surface area contributed by atoms with Crippen molar-refractivity contribution in [1.82, 2.24) is 0 Å². The van der Waals surface area contributed by atoms with Gasteiger partial charge in [-0.1, -0.05) is 50.1 Å². The van der Waals surface area contributed by atoms with Crippen LogP contribution in [0, 0.1) is 0 Å². The molecule has 0 fully saturated rings. The topological polar surface area (TPSA) is 29.5 Å². The number of aryl methyl sites for hydroxylation is 1. The number of methoxy groups -OCH3 is 1. The summed E-state index contributed by atoms with van der Waals surface area (Å²) in [7, 11) is 1.57. The SMILES string of the molecule is C=C(/C=C/CCCCC)CCc1ccc(O)c(OC)c1. The largest absolute Gasteiger partial charge is 0.504 e. The van der Waals surface area contributed by atoms with Gasteiger partial charge in [0, 0.05) is 0 Å². The lowest BCUT2D eigenvalue weighted by molar-refractivity contribution is 0.373. The lowest BCUT2D eigenvalue weighted by atomic mass is 10.0. The third-order valence-corrected chi connectivity index (χ3v) is 3.31. The molecule has 1 rings (SSSR count). The molecule has 0 atom stereocenters. The lowest BCUT2D eigenvalue weighted by Gasteiger charge is -2.06. The van der Waals surface area contributed by atoms with Crippen molar-refractivity contribution in [2.24, 2.45) is 0 Å². The van der Waals surface area contributed by atoms with Crippen LogP contribution in [0.25, 0.3) is 0 Å². The molecule has 0 bridgehead atoms. The number of unbranched alkanes of at least 4 members (excludes halogenated alkanes) is 3. The molecule has 110 valence electrons. The first-order valence-corrected chi connectivity index (χ1v) is 7.37. The van der Waals surface area contributed by atoms with Crippen molar-refractivity contribution >= 4 is 0 Å². The Labute approximate surface area is 122 Å². The fourth-order valence-corrected chi connectivity index (χ4v) is 2.03. The molecular formula is C18H26O2. The van der Waals surface area contributed by atoms with E-state index in [1.807, 2.05) is 12.1 Å². The van der Waals surface area contributed by atoms with Crippen LogP contribution >= 0.6 is 0 Å². The predicted octanol–water partition coefficient (Wildman–Crippen LogP) is 5.03. The van der Waals surface area contributed by atoms with Crippen LogP contribution in [-0.4, -0.2) is 12.2 Å². The van der Waals surface area contributed by atoms with E-state index >= 15 is 0 Å². The zero-order valence-corrected chi connectivity index (χ0v) is 12.7. The van der Waals surface area contributed by atoms with E-state index in [-0.39, 0.29) is 5.75 Å². The molecule has 0 radical (unpaired) electrons. The molecule has 1 N–H and O–H groups in total. The normalized spacial score (nSPS) is 10.9. The number of benzene rings is 1. The smallest absolute Gasteiger partial charge is 0.160 e. The molecule has 0 aliphatic heterocycles. The molecule has 2 nitrogen and oxygen atoms in total.